The fourth-order valence-electron chi connectivity index (χ4n) is 6.90. The summed E-state index contributed by atoms with van der Waals surface area (Å²) in [6.07, 6.45) is 0. The van der Waals surface area contributed by atoms with Crippen LogP contribution in [0.1, 0.15) is 16.7 Å². The molecular formula is C39H31BN2. The molecule has 0 fully saturated rings. The van der Waals surface area contributed by atoms with Crippen LogP contribution in [-0.2, 0) is 0 Å². The molecule has 0 aromatic heterocycles. The number of benzene rings is 6. The van der Waals surface area contributed by atoms with Crippen molar-refractivity contribution in [2.24, 2.45) is 0 Å². The number of para-hydroxylation sites is 2. The number of hydrogen-bond donors (Lipinski definition) is 0. The Bertz CT molecular complexity index is 1940. The van der Waals surface area contributed by atoms with Gasteiger partial charge in [0.2, 0.25) is 0 Å². The Hall–Kier alpha value is -5.02. The third-order valence-corrected chi connectivity index (χ3v) is 8.78. The Balaban J connectivity index is 1.40. The minimum Gasteiger partial charge on any atom is -0.376 e. The zero-order valence-electron chi connectivity index (χ0n) is 24.2. The van der Waals surface area contributed by atoms with Gasteiger partial charge in [-0.1, -0.05) is 95.6 Å². The van der Waals surface area contributed by atoms with Crippen LogP contribution >= 0.6 is 0 Å². The van der Waals surface area contributed by atoms with Gasteiger partial charge in [-0.3, -0.25) is 0 Å². The third kappa shape index (κ3) is 3.81. The second kappa shape index (κ2) is 9.53. The fraction of sp³-hybridized carbons (Fsp3) is 0.0769. The maximum Gasteiger partial charge on any atom is 0.329 e. The fourth-order valence-corrected chi connectivity index (χ4v) is 6.90. The van der Waals surface area contributed by atoms with Gasteiger partial charge in [0, 0.05) is 39.6 Å². The molecule has 0 saturated heterocycles. The molecule has 0 saturated carbocycles. The van der Waals surface area contributed by atoms with E-state index in [0.717, 1.165) is 17.1 Å². The van der Waals surface area contributed by atoms with Crippen molar-refractivity contribution >= 4 is 46.2 Å². The summed E-state index contributed by atoms with van der Waals surface area (Å²) in [6, 6.07) is 49.3. The van der Waals surface area contributed by atoms with Crippen molar-refractivity contribution in [3.8, 4) is 22.3 Å². The van der Waals surface area contributed by atoms with Crippen LogP contribution < -0.4 is 20.6 Å². The van der Waals surface area contributed by atoms with Crippen LogP contribution in [0, 0.1) is 20.8 Å². The Morgan fingerprint density at radius 2 is 0.881 bits per heavy atom. The van der Waals surface area contributed by atoms with E-state index in [2.05, 4.69) is 164 Å². The number of fused-ring (bicyclic) bond motifs is 11. The van der Waals surface area contributed by atoms with E-state index in [1.807, 2.05) is 0 Å². The van der Waals surface area contributed by atoms with E-state index in [-0.39, 0.29) is 6.85 Å². The Morgan fingerprint density at radius 3 is 1.43 bits per heavy atom. The topological polar surface area (TPSA) is 6.48 Å². The summed E-state index contributed by atoms with van der Waals surface area (Å²) in [5, 5.41) is 0. The van der Waals surface area contributed by atoms with Crippen molar-refractivity contribution in [3.63, 3.8) is 0 Å². The molecule has 2 nitrogen and oxygen atoms in total. The summed E-state index contributed by atoms with van der Waals surface area (Å²) >= 11 is 0. The van der Waals surface area contributed by atoms with Crippen LogP contribution in [0.5, 0.6) is 0 Å². The molecule has 0 bridgehead atoms. The van der Waals surface area contributed by atoms with Crippen molar-refractivity contribution in [2.45, 2.75) is 20.8 Å². The first-order valence-corrected chi connectivity index (χ1v) is 14.7. The average Bonchev–Trinajstić information content (AvgIpc) is 3.02. The van der Waals surface area contributed by atoms with E-state index >= 15 is 0 Å². The predicted molar refractivity (Wildman–Crippen MR) is 180 cm³/mol. The Labute approximate surface area is 248 Å². The van der Waals surface area contributed by atoms with Gasteiger partial charge in [-0.2, -0.15) is 0 Å². The largest absolute Gasteiger partial charge is 0.376 e. The lowest BCUT2D eigenvalue weighted by atomic mass is 9.43. The minimum atomic E-state index is 0.115. The van der Waals surface area contributed by atoms with Gasteiger partial charge in [-0.05, 0) is 97.4 Å². The molecule has 0 N–H and O–H groups in total. The van der Waals surface area contributed by atoms with E-state index in [4.69, 9.17) is 0 Å². The van der Waals surface area contributed by atoms with Gasteiger partial charge >= 0.3 is 6.85 Å². The molecule has 0 aliphatic carbocycles. The molecule has 6 aromatic carbocycles. The lowest BCUT2D eigenvalue weighted by Gasteiger charge is -2.44. The summed E-state index contributed by atoms with van der Waals surface area (Å²) in [6.45, 7) is 6.71. The van der Waals surface area contributed by atoms with Gasteiger partial charge in [0.05, 0.1) is 0 Å². The highest BCUT2D eigenvalue weighted by Gasteiger charge is 2.42. The van der Waals surface area contributed by atoms with Crippen LogP contribution in [0.15, 0.2) is 133 Å². The number of nitrogens with zero attached hydrogens (tertiary/aromatic N) is 2. The average molecular weight is 539 g/mol. The predicted octanol–water partition coefficient (Wildman–Crippen LogP) is 8.99. The van der Waals surface area contributed by atoms with Crippen molar-refractivity contribution < 1.29 is 0 Å². The second-order valence-corrected chi connectivity index (χ2v) is 11.7. The molecule has 0 radical (unpaired) electrons. The first kappa shape index (κ1) is 24.8. The van der Waals surface area contributed by atoms with Gasteiger partial charge in [-0.25, -0.2) is 0 Å². The van der Waals surface area contributed by atoms with Crippen LogP contribution in [-0.4, -0.2) is 6.85 Å². The van der Waals surface area contributed by atoms with Gasteiger partial charge in [-0.15, -0.1) is 0 Å². The molecule has 0 unspecified atom stereocenters. The highest BCUT2D eigenvalue weighted by atomic mass is 15.1. The summed E-state index contributed by atoms with van der Waals surface area (Å²) in [7, 11) is 0. The number of anilines is 5. The van der Waals surface area contributed by atoms with E-state index in [0.29, 0.717) is 0 Å². The van der Waals surface area contributed by atoms with Crippen LogP contribution in [0.3, 0.4) is 0 Å². The maximum atomic E-state index is 2.58. The number of rotatable bonds is 3. The second-order valence-electron chi connectivity index (χ2n) is 11.7. The van der Waals surface area contributed by atoms with Gasteiger partial charge < -0.3 is 9.71 Å². The van der Waals surface area contributed by atoms with E-state index in [1.54, 1.807) is 0 Å². The molecule has 42 heavy (non-hydrogen) atoms. The van der Waals surface area contributed by atoms with Crippen molar-refractivity contribution in [3.05, 3.63) is 150 Å². The standard InChI is InChI=1S/C39H31BN2/c1-26-14-18-36-32(22-26)34-24-28(3)16-20-38(34)42-39-21-17-31(25-35(39)33-23-27(2)15-19-37(33)40(36)42)41(29-10-6-4-7-11-29)30-12-8-5-9-13-30/h4-25H,1-3H3. The smallest absolute Gasteiger partial charge is 0.329 e. The zero-order chi connectivity index (χ0) is 28.4. The molecule has 0 atom stereocenters. The van der Waals surface area contributed by atoms with E-state index in [1.165, 1.54) is 61.2 Å². The van der Waals surface area contributed by atoms with E-state index < -0.39 is 0 Å². The first-order valence-electron chi connectivity index (χ1n) is 14.7. The summed E-state index contributed by atoms with van der Waals surface area (Å²) in [5.74, 6) is 0. The first-order chi connectivity index (χ1) is 20.6. The van der Waals surface area contributed by atoms with Crippen LogP contribution in [0.25, 0.3) is 22.3 Å². The van der Waals surface area contributed by atoms with Gasteiger partial charge in [0.25, 0.3) is 0 Å². The highest BCUT2D eigenvalue weighted by molar-refractivity contribution is 6.92. The molecule has 2 aliphatic heterocycles. The summed E-state index contributed by atoms with van der Waals surface area (Å²) < 4.78 is 0. The molecule has 0 spiro atoms. The van der Waals surface area contributed by atoms with Crippen molar-refractivity contribution in [1.82, 2.24) is 0 Å². The highest BCUT2D eigenvalue weighted by Crippen LogP contribution is 2.48. The third-order valence-electron chi connectivity index (χ3n) is 8.78. The minimum absolute atomic E-state index is 0.115. The lowest BCUT2D eigenvalue weighted by Crippen LogP contribution is -2.59. The van der Waals surface area contributed by atoms with Crippen molar-refractivity contribution in [2.75, 3.05) is 9.71 Å². The van der Waals surface area contributed by atoms with Crippen LogP contribution in [0.4, 0.5) is 28.4 Å². The van der Waals surface area contributed by atoms with Gasteiger partial charge in [0.15, 0.2) is 0 Å². The van der Waals surface area contributed by atoms with E-state index in [9.17, 15) is 0 Å². The molecule has 3 heteroatoms. The molecule has 2 heterocycles. The van der Waals surface area contributed by atoms with Crippen molar-refractivity contribution in [1.29, 1.82) is 0 Å². The number of hydrogen-bond acceptors (Lipinski definition) is 2. The maximum absolute atomic E-state index is 2.58. The van der Waals surface area contributed by atoms with Crippen LogP contribution in [0.2, 0.25) is 0 Å². The normalized spacial score (nSPS) is 12.5. The van der Waals surface area contributed by atoms with Gasteiger partial charge in [0.1, 0.15) is 0 Å². The molecule has 2 aliphatic rings. The monoisotopic (exact) mass is 538 g/mol. The lowest BCUT2D eigenvalue weighted by molar-refractivity contribution is 1.27. The Kier molecular flexibility index (Phi) is 5.62. The number of aryl methyl sites for hydroxylation is 3. The molecule has 6 aromatic rings. The quantitative estimate of drug-likeness (QED) is 0.208. The summed E-state index contributed by atoms with van der Waals surface area (Å²) in [4.78, 5) is 4.94. The SMILES string of the molecule is Cc1ccc2c(c1)-c1cc(C)ccc1N1B2c2ccc(C)cc2-c2cc(N(c3ccccc3)c3ccccc3)ccc21. The molecule has 8 rings (SSSR count). The molecular weight excluding hydrogens is 507 g/mol. The zero-order valence-corrected chi connectivity index (χ0v) is 24.2. The molecule has 200 valence electrons. The summed E-state index contributed by atoms with van der Waals surface area (Å²) in [5.41, 5.74) is 17.8. The Morgan fingerprint density at radius 1 is 0.429 bits per heavy atom. The molecule has 0 amide bonds.